The zero-order chi connectivity index (χ0) is 20.5. The molecule has 0 radical (unpaired) electrons. The van der Waals surface area contributed by atoms with E-state index in [1.54, 1.807) is 24.3 Å². The number of benzene rings is 2. The van der Waals surface area contributed by atoms with Crippen molar-refractivity contribution in [3.05, 3.63) is 59.9 Å². The summed E-state index contributed by atoms with van der Waals surface area (Å²) in [4.78, 5) is 23.9. The van der Waals surface area contributed by atoms with Gasteiger partial charge in [0.05, 0.1) is 14.2 Å². The molecule has 0 saturated carbocycles. The van der Waals surface area contributed by atoms with Crippen LogP contribution in [0.15, 0.2) is 48.5 Å². The lowest BCUT2D eigenvalue weighted by molar-refractivity contribution is -0.131. The number of nitrogens with one attached hydrogen (secondary N) is 2. The molecule has 0 saturated heterocycles. The number of halogens is 1. The maximum Gasteiger partial charge on any atom is 0.279 e. The maximum absolute atomic E-state index is 13.5. The van der Waals surface area contributed by atoms with Gasteiger partial charge in [-0.1, -0.05) is 12.1 Å². The number of carbonyl (C=O) groups is 2. The molecular weight excluding hydrogens is 367 g/mol. The van der Waals surface area contributed by atoms with Crippen LogP contribution in [0, 0.1) is 5.82 Å². The van der Waals surface area contributed by atoms with Crippen molar-refractivity contribution in [3.8, 4) is 17.2 Å². The van der Waals surface area contributed by atoms with E-state index in [-0.39, 0.29) is 5.75 Å². The molecule has 0 aromatic heterocycles. The van der Waals surface area contributed by atoms with Crippen LogP contribution in [-0.4, -0.2) is 32.1 Å². The van der Waals surface area contributed by atoms with Gasteiger partial charge in [0, 0.05) is 17.7 Å². The summed E-state index contributed by atoms with van der Waals surface area (Å²) in [6.07, 6.45) is 1.74. The number of amides is 2. The van der Waals surface area contributed by atoms with Gasteiger partial charge in [0.1, 0.15) is 11.5 Å². The molecule has 0 aliphatic heterocycles. The average molecular weight is 388 g/mol. The topological polar surface area (TPSA) is 85.9 Å². The molecule has 28 heavy (non-hydrogen) atoms. The van der Waals surface area contributed by atoms with Crippen molar-refractivity contribution in [1.29, 1.82) is 0 Å². The Labute approximate surface area is 162 Å². The lowest BCUT2D eigenvalue weighted by Gasteiger charge is -2.15. The minimum atomic E-state index is -1.01. The van der Waals surface area contributed by atoms with E-state index in [0.29, 0.717) is 17.1 Å². The van der Waals surface area contributed by atoms with Crippen molar-refractivity contribution in [1.82, 2.24) is 10.9 Å². The quantitative estimate of drug-likeness (QED) is 0.562. The second kappa shape index (κ2) is 9.96. The van der Waals surface area contributed by atoms with Gasteiger partial charge in [0.2, 0.25) is 0 Å². The van der Waals surface area contributed by atoms with Crippen molar-refractivity contribution < 1.29 is 28.2 Å². The smallest absolute Gasteiger partial charge is 0.279 e. The zero-order valence-corrected chi connectivity index (χ0v) is 15.7. The van der Waals surface area contributed by atoms with Crippen molar-refractivity contribution in [2.45, 2.75) is 13.0 Å². The number of ether oxygens (including phenoxy) is 3. The second-order valence-electron chi connectivity index (χ2n) is 5.61. The average Bonchev–Trinajstić information content (AvgIpc) is 2.71. The molecule has 0 aliphatic carbocycles. The van der Waals surface area contributed by atoms with Crippen LogP contribution in [0.5, 0.6) is 17.2 Å². The Hall–Kier alpha value is -3.55. The number of hydrazine groups is 1. The third-order valence-corrected chi connectivity index (χ3v) is 3.67. The molecule has 0 aliphatic rings. The first-order valence-corrected chi connectivity index (χ1v) is 8.35. The Morgan fingerprint density at radius 2 is 1.79 bits per heavy atom. The van der Waals surface area contributed by atoms with Gasteiger partial charge in [0.15, 0.2) is 17.7 Å². The summed E-state index contributed by atoms with van der Waals surface area (Å²) >= 11 is 0. The Morgan fingerprint density at radius 3 is 2.46 bits per heavy atom. The van der Waals surface area contributed by atoms with Crippen LogP contribution < -0.4 is 25.1 Å². The van der Waals surface area contributed by atoms with Crippen LogP contribution in [0.1, 0.15) is 12.5 Å². The highest BCUT2D eigenvalue weighted by atomic mass is 19.1. The van der Waals surface area contributed by atoms with Gasteiger partial charge in [-0.15, -0.1) is 0 Å². The predicted octanol–water partition coefficient (Wildman–Crippen LogP) is 2.47. The lowest BCUT2D eigenvalue weighted by atomic mass is 10.1. The molecule has 0 bridgehead atoms. The molecule has 0 heterocycles. The van der Waals surface area contributed by atoms with Gasteiger partial charge in [-0.05, 0) is 37.3 Å². The molecule has 2 N–H and O–H groups in total. The molecule has 1 atom stereocenters. The molecule has 0 unspecified atom stereocenters. The first kappa shape index (κ1) is 20.8. The van der Waals surface area contributed by atoms with E-state index in [1.165, 1.54) is 51.5 Å². The molecular formula is C20H21FN2O5. The van der Waals surface area contributed by atoms with Gasteiger partial charge in [-0.3, -0.25) is 20.4 Å². The summed E-state index contributed by atoms with van der Waals surface area (Å²) in [5.74, 6) is -0.684. The fraction of sp³-hybridized carbons (Fsp3) is 0.200. The van der Waals surface area contributed by atoms with Crippen molar-refractivity contribution >= 4 is 17.9 Å². The minimum Gasteiger partial charge on any atom is -0.497 e. The van der Waals surface area contributed by atoms with Crippen LogP contribution >= 0.6 is 0 Å². The minimum absolute atomic E-state index is 0.0528. The lowest BCUT2D eigenvalue weighted by Crippen LogP contribution is -2.46. The molecule has 7 nitrogen and oxygen atoms in total. The molecule has 2 rings (SSSR count). The highest BCUT2D eigenvalue weighted by Crippen LogP contribution is 2.25. The number of hydrogen-bond acceptors (Lipinski definition) is 5. The fourth-order valence-electron chi connectivity index (χ4n) is 2.17. The van der Waals surface area contributed by atoms with E-state index in [1.807, 2.05) is 0 Å². The van der Waals surface area contributed by atoms with Crippen LogP contribution in [0.25, 0.3) is 6.08 Å². The molecule has 148 valence electrons. The van der Waals surface area contributed by atoms with E-state index in [9.17, 15) is 14.0 Å². The van der Waals surface area contributed by atoms with E-state index in [4.69, 9.17) is 14.2 Å². The SMILES string of the molecule is COc1ccc(/C=C/C(=O)NNC(=O)[C@@H](C)Oc2ccccc2F)c(OC)c1. The van der Waals surface area contributed by atoms with E-state index in [2.05, 4.69) is 10.9 Å². The summed E-state index contributed by atoms with van der Waals surface area (Å²) in [7, 11) is 3.04. The number of rotatable bonds is 7. The summed E-state index contributed by atoms with van der Waals surface area (Å²) in [6.45, 7) is 1.44. The first-order valence-electron chi connectivity index (χ1n) is 8.35. The number of para-hydroxylation sites is 1. The summed E-state index contributed by atoms with van der Waals surface area (Å²) < 4.78 is 29.1. The monoisotopic (exact) mass is 388 g/mol. The molecule has 2 amide bonds. The molecule has 8 heteroatoms. The normalized spacial score (nSPS) is 11.6. The zero-order valence-electron chi connectivity index (χ0n) is 15.7. The molecule has 2 aromatic carbocycles. The third-order valence-electron chi connectivity index (χ3n) is 3.67. The Kier molecular flexibility index (Phi) is 7.38. The van der Waals surface area contributed by atoms with E-state index in [0.717, 1.165) is 0 Å². The molecule has 0 spiro atoms. The first-order chi connectivity index (χ1) is 13.4. The van der Waals surface area contributed by atoms with Crippen LogP contribution in [0.4, 0.5) is 4.39 Å². The Bertz CT molecular complexity index is 869. The van der Waals surface area contributed by atoms with Gasteiger partial charge < -0.3 is 14.2 Å². The van der Waals surface area contributed by atoms with E-state index >= 15 is 0 Å². The number of methoxy groups -OCH3 is 2. The fourth-order valence-corrected chi connectivity index (χ4v) is 2.17. The Morgan fingerprint density at radius 1 is 1.04 bits per heavy atom. The highest BCUT2D eigenvalue weighted by molar-refractivity contribution is 5.94. The number of carbonyl (C=O) groups excluding carboxylic acids is 2. The standard InChI is InChI=1S/C20H21FN2O5/c1-13(28-17-7-5-4-6-16(17)21)20(25)23-22-19(24)11-9-14-8-10-15(26-2)12-18(14)27-3/h4-13H,1-3H3,(H,22,24)(H,23,25)/b11-9+/t13-/m1/s1. The van der Waals surface area contributed by atoms with Crippen molar-refractivity contribution in [2.75, 3.05) is 14.2 Å². The molecule has 0 fully saturated rings. The van der Waals surface area contributed by atoms with Gasteiger partial charge in [0.25, 0.3) is 11.8 Å². The molecule has 2 aromatic rings. The second-order valence-corrected chi connectivity index (χ2v) is 5.61. The third kappa shape index (κ3) is 5.73. The van der Waals surface area contributed by atoms with Crippen LogP contribution in [-0.2, 0) is 9.59 Å². The summed E-state index contributed by atoms with van der Waals surface area (Å²) in [6, 6.07) is 10.9. The summed E-state index contributed by atoms with van der Waals surface area (Å²) in [5.41, 5.74) is 5.10. The van der Waals surface area contributed by atoms with Crippen LogP contribution in [0.2, 0.25) is 0 Å². The van der Waals surface area contributed by atoms with Gasteiger partial charge in [-0.25, -0.2) is 4.39 Å². The van der Waals surface area contributed by atoms with Crippen molar-refractivity contribution in [2.24, 2.45) is 0 Å². The summed E-state index contributed by atoms with van der Waals surface area (Å²) in [5, 5.41) is 0. The maximum atomic E-state index is 13.5. The van der Waals surface area contributed by atoms with E-state index < -0.39 is 23.7 Å². The van der Waals surface area contributed by atoms with Crippen LogP contribution in [0.3, 0.4) is 0 Å². The van der Waals surface area contributed by atoms with Gasteiger partial charge in [-0.2, -0.15) is 0 Å². The highest BCUT2D eigenvalue weighted by Gasteiger charge is 2.16. The Balaban J connectivity index is 1.88. The largest absolute Gasteiger partial charge is 0.497 e. The van der Waals surface area contributed by atoms with Gasteiger partial charge >= 0.3 is 0 Å². The predicted molar refractivity (Wildman–Crippen MR) is 101 cm³/mol. The van der Waals surface area contributed by atoms with Crippen molar-refractivity contribution in [3.63, 3.8) is 0 Å². The number of hydrogen-bond donors (Lipinski definition) is 2.